The number of carbonyl (C=O) groups excluding carboxylic acids is 1. The number of amides is 1. The van der Waals surface area contributed by atoms with Gasteiger partial charge in [0.15, 0.2) is 0 Å². The van der Waals surface area contributed by atoms with Crippen LogP contribution >= 0.6 is 0 Å². The third-order valence-electron chi connectivity index (χ3n) is 5.86. The van der Waals surface area contributed by atoms with Crippen LogP contribution in [0.5, 0.6) is 0 Å². The van der Waals surface area contributed by atoms with E-state index in [4.69, 9.17) is 0 Å². The summed E-state index contributed by atoms with van der Waals surface area (Å²) in [5.74, 6) is 0.100. The Morgan fingerprint density at radius 2 is 1.95 bits per heavy atom. The average Bonchev–Trinajstić information content (AvgIpc) is 2.61. The molecule has 2 spiro atoms. The van der Waals surface area contributed by atoms with Gasteiger partial charge in [-0.2, -0.15) is 0 Å². The lowest BCUT2D eigenvalue weighted by Crippen LogP contribution is -2.61. The molecule has 2 aliphatic carbocycles. The quantitative estimate of drug-likeness (QED) is 0.715. The van der Waals surface area contributed by atoms with Gasteiger partial charge in [0.1, 0.15) is 5.60 Å². The maximum absolute atomic E-state index is 12.7. The zero-order valence-corrected chi connectivity index (χ0v) is 11.9. The molecule has 19 heavy (non-hydrogen) atoms. The molecule has 1 amide bonds. The lowest BCUT2D eigenvalue weighted by molar-refractivity contribution is -0.146. The largest absolute Gasteiger partial charge is 0.386 e. The minimum absolute atomic E-state index is 0.100. The molecule has 106 valence electrons. The summed E-state index contributed by atoms with van der Waals surface area (Å²) in [5.41, 5.74) is -1.95. The molecule has 2 fully saturated rings. The van der Waals surface area contributed by atoms with Gasteiger partial charge in [-0.15, -0.1) is 0 Å². The Kier molecular flexibility index (Phi) is 3.01. The third kappa shape index (κ3) is 1.51. The summed E-state index contributed by atoms with van der Waals surface area (Å²) in [6.07, 6.45) is 12.9. The molecule has 0 aromatic heterocycles. The fraction of sp³-hybridized carbons (Fsp3) is 0.812. The second-order valence-corrected chi connectivity index (χ2v) is 6.58. The third-order valence-corrected chi connectivity index (χ3v) is 5.86. The molecular formula is C16H25NO2. The van der Waals surface area contributed by atoms with Crippen LogP contribution in [-0.4, -0.2) is 22.2 Å². The number of nitrogens with one attached hydrogen (secondary N) is 1. The first-order valence-electron chi connectivity index (χ1n) is 7.83. The maximum atomic E-state index is 12.7. The number of carbonyl (C=O) groups is 1. The summed E-state index contributed by atoms with van der Waals surface area (Å²) in [7, 11) is 0. The van der Waals surface area contributed by atoms with Gasteiger partial charge in [0.05, 0.1) is 11.0 Å². The molecule has 0 aromatic carbocycles. The van der Waals surface area contributed by atoms with Crippen molar-refractivity contribution in [3.63, 3.8) is 0 Å². The molecule has 1 heterocycles. The van der Waals surface area contributed by atoms with E-state index in [0.717, 1.165) is 44.9 Å². The van der Waals surface area contributed by atoms with Gasteiger partial charge in [-0.05, 0) is 38.5 Å². The molecule has 2 atom stereocenters. The lowest BCUT2D eigenvalue weighted by atomic mass is 9.57. The normalized spacial score (nSPS) is 40.8. The number of hydrogen-bond acceptors (Lipinski definition) is 2. The van der Waals surface area contributed by atoms with Crippen LogP contribution < -0.4 is 5.32 Å². The van der Waals surface area contributed by atoms with Crippen molar-refractivity contribution in [2.24, 2.45) is 5.41 Å². The Morgan fingerprint density at radius 3 is 2.53 bits per heavy atom. The van der Waals surface area contributed by atoms with Gasteiger partial charge in [0, 0.05) is 0 Å². The summed E-state index contributed by atoms with van der Waals surface area (Å²) in [6, 6.07) is 0. The number of aliphatic hydroxyl groups is 1. The van der Waals surface area contributed by atoms with E-state index in [9.17, 15) is 9.90 Å². The Balaban J connectivity index is 2.08. The van der Waals surface area contributed by atoms with Crippen molar-refractivity contribution in [3.8, 4) is 0 Å². The van der Waals surface area contributed by atoms with E-state index in [1.54, 1.807) is 0 Å². The highest BCUT2D eigenvalue weighted by atomic mass is 16.3. The van der Waals surface area contributed by atoms with Crippen molar-refractivity contribution < 1.29 is 9.90 Å². The van der Waals surface area contributed by atoms with Crippen molar-refractivity contribution >= 4 is 5.91 Å². The van der Waals surface area contributed by atoms with E-state index in [1.165, 1.54) is 6.42 Å². The van der Waals surface area contributed by atoms with Crippen LogP contribution in [0, 0.1) is 5.41 Å². The topological polar surface area (TPSA) is 49.3 Å². The predicted molar refractivity (Wildman–Crippen MR) is 74.6 cm³/mol. The first kappa shape index (κ1) is 13.2. The molecule has 1 saturated carbocycles. The molecule has 1 aliphatic heterocycles. The fourth-order valence-electron chi connectivity index (χ4n) is 4.81. The van der Waals surface area contributed by atoms with E-state index in [1.807, 2.05) is 6.92 Å². The fourth-order valence-corrected chi connectivity index (χ4v) is 4.81. The average molecular weight is 263 g/mol. The molecule has 1 saturated heterocycles. The van der Waals surface area contributed by atoms with E-state index in [2.05, 4.69) is 17.5 Å². The molecule has 0 aromatic rings. The monoisotopic (exact) mass is 263 g/mol. The van der Waals surface area contributed by atoms with Crippen LogP contribution in [0.4, 0.5) is 0 Å². The summed E-state index contributed by atoms with van der Waals surface area (Å²) in [6.45, 7) is 2.03. The van der Waals surface area contributed by atoms with Crippen molar-refractivity contribution in [3.05, 3.63) is 12.2 Å². The molecule has 3 aliphatic rings. The zero-order chi connectivity index (χ0) is 13.6. The Morgan fingerprint density at radius 1 is 1.21 bits per heavy atom. The van der Waals surface area contributed by atoms with Crippen molar-refractivity contribution in [2.45, 2.75) is 75.9 Å². The van der Waals surface area contributed by atoms with Crippen molar-refractivity contribution in [1.82, 2.24) is 5.32 Å². The van der Waals surface area contributed by atoms with Gasteiger partial charge in [-0.25, -0.2) is 0 Å². The minimum atomic E-state index is -0.908. The van der Waals surface area contributed by atoms with Crippen molar-refractivity contribution in [1.29, 1.82) is 0 Å². The maximum Gasteiger partial charge on any atom is 0.230 e. The van der Waals surface area contributed by atoms with Gasteiger partial charge in [-0.1, -0.05) is 38.3 Å². The number of allylic oxidation sites excluding steroid dienone is 1. The molecule has 3 nitrogen and oxygen atoms in total. The predicted octanol–water partition coefficient (Wildman–Crippen LogP) is 2.69. The number of hydrogen-bond donors (Lipinski definition) is 2. The van der Waals surface area contributed by atoms with Gasteiger partial charge >= 0.3 is 0 Å². The van der Waals surface area contributed by atoms with Crippen LogP contribution in [0.1, 0.15) is 64.7 Å². The van der Waals surface area contributed by atoms with E-state index < -0.39 is 16.6 Å². The summed E-state index contributed by atoms with van der Waals surface area (Å²) in [4.78, 5) is 12.7. The van der Waals surface area contributed by atoms with Gasteiger partial charge in [0.2, 0.25) is 5.91 Å². The Labute approximate surface area is 115 Å². The van der Waals surface area contributed by atoms with Gasteiger partial charge < -0.3 is 10.4 Å². The highest BCUT2D eigenvalue weighted by molar-refractivity contribution is 5.89. The van der Waals surface area contributed by atoms with Crippen LogP contribution in [0.2, 0.25) is 0 Å². The van der Waals surface area contributed by atoms with Crippen LogP contribution in [0.3, 0.4) is 0 Å². The molecule has 0 bridgehead atoms. The van der Waals surface area contributed by atoms with E-state index in [-0.39, 0.29) is 5.91 Å². The molecule has 2 N–H and O–H groups in total. The highest BCUT2D eigenvalue weighted by Gasteiger charge is 2.69. The summed E-state index contributed by atoms with van der Waals surface area (Å²) < 4.78 is 0. The smallest absolute Gasteiger partial charge is 0.230 e. The molecular weight excluding hydrogens is 238 g/mol. The molecule has 3 rings (SSSR count). The van der Waals surface area contributed by atoms with Crippen LogP contribution in [-0.2, 0) is 4.79 Å². The van der Waals surface area contributed by atoms with E-state index in [0.29, 0.717) is 6.42 Å². The van der Waals surface area contributed by atoms with Gasteiger partial charge in [-0.3, -0.25) is 4.79 Å². The SMILES string of the molecule is CCC1(O)C2(C=CCCC2)NC(=O)C12CCCCC2. The van der Waals surface area contributed by atoms with Gasteiger partial charge in [0.25, 0.3) is 0 Å². The minimum Gasteiger partial charge on any atom is -0.386 e. The first-order valence-corrected chi connectivity index (χ1v) is 7.83. The second kappa shape index (κ2) is 4.34. The van der Waals surface area contributed by atoms with Crippen molar-refractivity contribution in [2.75, 3.05) is 0 Å². The highest BCUT2D eigenvalue weighted by Crippen LogP contribution is 2.57. The number of rotatable bonds is 1. The van der Waals surface area contributed by atoms with E-state index >= 15 is 0 Å². The standard InChI is InChI=1S/C16H25NO2/c1-2-16(19)14(9-5-3-6-10-14)13(18)17-15(16)11-7-4-8-12-15/h7,11,19H,2-6,8-10,12H2,1H3,(H,17,18). The molecule has 0 radical (unpaired) electrons. The summed E-state index contributed by atoms with van der Waals surface area (Å²) >= 11 is 0. The molecule has 2 unspecified atom stereocenters. The Hall–Kier alpha value is -0.830. The first-order chi connectivity index (χ1) is 9.10. The van der Waals surface area contributed by atoms with Crippen LogP contribution in [0.25, 0.3) is 0 Å². The zero-order valence-electron chi connectivity index (χ0n) is 11.9. The lowest BCUT2D eigenvalue weighted by Gasteiger charge is -2.49. The van der Waals surface area contributed by atoms with Crippen LogP contribution in [0.15, 0.2) is 12.2 Å². The second-order valence-electron chi connectivity index (χ2n) is 6.58. The summed E-state index contributed by atoms with van der Waals surface area (Å²) in [5, 5.41) is 14.7. The Bertz CT molecular complexity index is 411. The molecule has 3 heteroatoms.